The molecule has 5 heteroatoms. The highest BCUT2D eigenvalue weighted by Crippen LogP contribution is 2.39. The van der Waals surface area contributed by atoms with Gasteiger partial charge in [-0.2, -0.15) is 0 Å². The van der Waals surface area contributed by atoms with E-state index in [1.165, 1.54) is 0 Å². The number of hydrogen-bond donors (Lipinski definition) is 1. The summed E-state index contributed by atoms with van der Waals surface area (Å²) >= 11 is 0. The zero-order valence-corrected chi connectivity index (χ0v) is 12.2. The molecule has 1 aliphatic heterocycles. The minimum Gasteiger partial charge on any atom is -0.486 e. The van der Waals surface area contributed by atoms with Gasteiger partial charge in [-0.3, -0.25) is 4.79 Å². The fourth-order valence-electron chi connectivity index (χ4n) is 2.88. The molecule has 114 valence electrons. The second-order valence-corrected chi connectivity index (χ2v) is 5.71. The topological polar surface area (TPSA) is 66.5 Å². The Hall–Kier alpha value is -2.27. The number of pyridine rings is 1. The van der Waals surface area contributed by atoms with Crippen molar-refractivity contribution in [1.82, 2.24) is 4.57 Å². The lowest BCUT2D eigenvalue weighted by molar-refractivity contribution is 0.171. The Kier molecular flexibility index (Phi) is 3.15. The second kappa shape index (κ2) is 5.18. The molecule has 4 rings (SSSR count). The van der Waals surface area contributed by atoms with Gasteiger partial charge in [-0.1, -0.05) is 6.07 Å². The molecular formula is C17H18N2O3. The van der Waals surface area contributed by atoms with Gasteiger partial charge in [0, 0.05) is 23.7 Å². The Balaban J connectivity index is 1.85. The average Bonchev–Trinajstić information content (AvgIpc) is 3.39. The molecule has 1 aromatic heterocycles. The number of aromatic nitrogens is 1. The molecular weight excluding hydrogens is 280 g/mol. The maximum atomic E-state index is 12.6. The SMILES string of the molecule is NCc1ccc(-c2ccc3c(c2)OCCO3)n(C2CC2)c1=O. The highest BCUT2D eigenvalue weighted by Gasteiger charge is 2.28. The van der Waals surface area contributed by atoms with Gasteiger partial charge in [0.2, 0.25) is 0 Å². The molecule has 0 unspecified atom stereocenters. The van der Waals surface area contributed by atoms with Crippen molar-refractivity contribution in [2.24, 2.45) is 5.73 Å². The van der Waals surface area contributed by atoms with Crippen molar-refractivity contribution < 1.29 is 9.47 Å². The van der Waals surface area contributed by atoms with E-state index >= 15 is 0 Å². The Morgan fingerprint density at radius 2 is 1.86 bits per heavy atom. The molecule has 1 aromatic carbocycles. The van der Waals surface area contributed by atoms with Crippen LogP contribution in [-0.2, 0) is 6.54 Å². The number of hydrogen-bond acceptors (Lipinski definition) is 4. The molecule has 1 saturated carbocycles. The molecule has 0 bridgehead atoms. The van der Waals surface area contributed by atoms with Gasteiger partial charge in [-0.15, -0.1) is 0 Å². The minimum atomic E-state index is 0.0254. The van der Waals surface area contributed by atoms with Gasteiger partial charge in [0.15, 0.2) is 11.5 Å². The number of rotatable bonds is 3. The molecule has 1 aliphatic carbocycles. The maximum absolute atomic E-state index is 12.6. The summed E-state index contributed by atoms with van der Waals surface area (Å²) in [4.78, 5) is 12.6. The van der Waals surface area contributed by atoms with E-state index in [1.807, 2.05) is 34.9 Å². The standard InChI is InChI=1S/C17H18N2O3/c18-10-12-1-5-14(19(17(12)20)13-3-4-13)11-2-6-15-16(9-11)22-8-7-21-15/h1-2,5-6,9,13H,3-4,7-8,10,18H2. The Bertz CT molecular complexity index is 778. The van der Waals surface area contributed by atoms with Crippen LogP contribution in [0.3, 0.4) is 0 Å². The first-order valence-corrected chi connectivity index (χ1v) is 7.62. The molecule has 2 heterocycles. The van der Waals surface area contributed by atoms with Crippen LogP contribution in [0, 0.1) is 0 Å². The van der Waals surface area contributed by atoms with E-state index in [9.17, 15) is 4.79 Å². The quantitative estimate of drug-likeness (QED) is 0.942. The van der Waals surface area contributed by atoms with Crippen LogP contribution < -0.4 is 20.8 Å². The Morgan fingerprint density at radius 3 is 2.59 bits per heavy atom. The van der Waals surface area contributed by atoms with E-state index in [4.69, 9.17) is 15.2 Å². The summed E-state index contributed by atoms with van der Waals surface area (Å²) in [5.41, 5.74) is 8.24. The highest BCUT2D eigenvalue weighted by molar-refractivity contribution is 5.65. The van der Waals surface area contributed by atoms with E-state index in [0.29, 0.717) is 24.8 Å². The summed E-state index contributed by atoms with van der Waals surface area (Å²) in [6.07, 6.45) is 2.09. The number of nitrogens with two attached hydrogens (primary N) is 1. The lowest BCUT2D eigenvalue weighted by Gasteiger charge is -2.20. The van der Waals surface area contributed by atoms with Gasteiger partial charge >= 0.3 is 0 Å². The van der Waals surface area contributed by atoms with Gasteiger partial charge < -0.3 is 19.8 Å². The number of nitrogens with zero attached hydrogens (tertiary/aromatic N) is 1. The third kappa shape index (κ3) is 2.18. The first-order valence-electron chi connectivity index (χ1n) is 7.62. The largest absolute Gasteiger partial charge is 0.486 e. The van der Waals surface area contributed by atoms with Crippen molar-refractivity contribution in [3.05, 3.63) is 46.2 Å². The molecule has 0 radical (unpaired) electrons. The molecule has 1 fully saturated rings. The molecule has 0 amide bonds. The zero-order valence-electron chi connectivity index (χ0n) is 12.2. The van der Waals surface area contributed by atoms with E-state index in [-0.39, 0.29) is 12.1 Å². The van der Waals surface area contributed by atoms with Crippen molar-refractivity contribution >= 4 is 0 Å². The van der Waals surface area contributed by atoms with Crippen LogP contribution in [0.4, 0.5) is 0 Å². The summed E-state index contributed by atoms with van der Waals surface area (Å²) in [6.45, 7) is 1.40. The zero-order chi connectivity index (χ0) is 15.1. The lowest BCUT2D eigenvalue weighted by atomic mass is 10.1. The monoisotopic (exact) mass is 298 g/mol. The van der Waals surface area contributed by atoms with Gasteiger partial charge in [0.05, 0.1) is 5.69 Å². The van der Waals surface area contributed by atoms with Gasteiger partial charge in [-0.05, 0) is 37.1 Å². The first kappa shape index (κ1) is 13.4. The normalized spacial score (nSPS) is 16.6. The first-order chi connectivity index (χ1) is 10.8. The summed E-state index contributed by atoms with van der Waals surface area (Å²) in [5.74, 6) is 1.50. The maximum Gasteiger partial charge on any atom is 0.255 e. The van der Waals surface area contributed by atoms with E-state index in [1.54, 1.807) is 0 Å². The predicted molar refractivity (Wildman–Crippen MR) is 83.3 cm³/mol. The van der Waals surface area contributed by atoms with Crippen molar-refractivity contribution in [2.75, 3.05) is 13.2 Å². The lowest BCUT2D eigenvalue weighted by Crippen LogP contribution is -2.25. The van der Waals surface area contributed by atoms with Gasteiger partial charge in [0.1, 0.15) is 13.2 Å². The van der Waals surface area contributed by atoms with Crippen LogP contribution in [0.2, 0.25) is 0 Å². The summed E-state index contributed by atoms with van der Waals surface area (Å²) < 4.78 is 13.1. The van der Waals surface area contributed by atoms with Crippen molar-refractivity contribution in [3.8, 4) is 22.8 Å². The van der Waals surface area contributed by atoms with Crippen LogP contribution in [0.5, 0.6) is 11.5 Å². The molecule has 2 aliphatic rings. The number of ether oxygens (including phenoxy) is 2. The molecule has 22 heavy (non-hydrogen) atoms. The third-order valence-electron chi connectivity index (χ3n) is 4.17. The molecule has 0 saturated heterocycles. The van der Waals surface area contributed by atoms with E-state index in [2.05, 4.69) is 0 Å². The van der Waals surface area contributed by atoms with Crippen LogP contribution >= 0.6 is 0 Å². The van der Waals surface area contributed by atoms with E-state index in [0.717, 1.165) is 35.6 Å². The van der Waals surface area contributed by atoms with Gasteiger partial charge in [-0.25, -0.2) is 0 Å². The predicted octanol–water partition coefficient (Wildman–Crippen LogP) is 2.08. The minimum absolute atomic E-state index is 0.0254. The molecule has 2 N–H and O–H groups in total. The smallest absolute Gasteiger partial charge is 0.255 e. The Labute approximate surface area is 128 Å². The summed E-state index contributed by atoms with van der Waals surface area (Å²) in [6, 6.07) is 9.93. The van der Waals surface area contributed by atoms with Crippen molar-refractivity contribution in [2.45, 2.75) is 25.4 Å². The second-order valence-electron chi connectivity index (χ2n) is 5.71. The average molecular weight is 298 g/mol. The molecule has 5 nitrogen and oxygen atoms in total. The van der Waals surface area contributed by atoms with Crippen LogP contribution in [0.25, 0.3) is 11.3 Å². The van der Waals surface area contributed by atoms with Crippen molar-refractivity contribution in [1.29, 1.82) is 0 Å². The fourth-order valence-corrected chi connectivity index (χ4v) is 2.88. The van der Waals surface area contributed by atoms with Gasteiger partial charge in [0.25, 0.3) is 5.56 Å². The van der Waals surface area contributed by atoms with Crippen LogP contribution in [0.1, 0.15) is 24.4 Å². The van der Waals surface area contributed by atoms with E-state index < -0.39 is 0 Å². The number of benzene rings is 1. The summed E-state index contributed by atoms with van der Waals surface area (Å²) in [5, 5.41) is 0. The van der Waals surface area contributed by atoms with Crippen molar-refractivity contribution in [3.63, 3.8) is 0 Å². The van der Waals surface area contributed by atoms with Crippen LogP contribution in [0.15, 0.2) is 35.1 Å². The Morgan fingerprint density at radius 1 is 1.09 bits per heavy atom. The molecule has 0 spiro atoms. The fraction of sp³-hybridized carbons (Fsp3) is 0.353. The van der Waals surface area contributed by atoms with Crippen LogP contribution in [-0.4, -0.2) is 17.8 Å². The highest BCUT2D eigenvalue weighted by atomic mass is 16.6. The molecule has 0 atom stereocenters. The third-order valence-corrected chi connectivity index (χ3v) is 4.17. The number of fused-ring (bicyclic) bond motifs is 1. The molecule has 2 aromatic rings. The summed E-state index contributed by atoms with van der Waals surface area (Å²) in [7, 11) is 0.